The molecule has 3 rings (SSSR count). The van der Waals surface area contributed by atoms with Crippen molar-refractivity contribution >= 4 is 11.9 Å². The topological polar surface area (TPSA) is 52.7 Å². The number of hydrogen-bond acceptors (Lipinski definition) is 2. The molecule has 1 aliphatic heterocycles. The van der Waals surface area contributed by atoms with Crippen LogP contribution in [0.25, 0.3) is 0 Å². The lowest BCUT2D eigenvalue weighted by atomic mass is 9.93. The molecule has 1 saturated carbocycles. The van der Waals surface area contributed by atoms with E-state index in [0.717, 1.165) is 38.6 Å². The first kappa shape index (κ1) is 20.7. The molecule has 0 radical (unpaired) electrons. The second-order valence-electron chi connectivity index (χ2n) is 8.27. The molecule has 0 bridgehead atoms. The van der Waals surface area contributed by atoms with Gasteiger partial charge in [-0.1, -0.05) is 56.9 Å². The van der Waals surface area contributed by atoms with Gasteiger partial charge in [0.2, 0.25) is 5.91 Å². The van der Waals surface area contributed by atoms with Crippen molar-refractivity contribution in [1.82, 2.24) is 15.1 Å². The summed E-state index contributed by atoms with van der Waals surface area (Å²) in [5, 5.41) is 3.18. The molecular formula is C23H35N3O2. The maximum atomic E-state index is 13.1. The largest absolute Gasteiger partial charge is 0.335 e. The molecule has 1 heterocycles. The molecule has 1 aromatic rings. The molecule has 0 saturated heterocycles. The Morgan fingerprint density at radius 3 is 2.68 bits per heavy atom. The van der Waals surface area contributed by atoms with Gasteiger partial charge in [-0.15, -0.1) is 0 Å². The molecule has 1 aromatic carbocycles. The van der Waals surface area contributed by atoms with Gasteiger partial charge in [0.25, 0.3) is 0 Å². The number of hydrogen-bond donors (Lipinski definition) is 1. The number of nitrogens with one attached hydrogen (secondary N) is 1. The molecule has 0 spiro atoms. The second kappa shape index (κ2) is 9.94. The maximum absolute atomic E-state index is 13.1. The highest BCUT2D eigenvalue weighted by Gasteiger charge is 2.29. The van der Waals surface area contributed by atoms with E-state index < -0.39 is 0 Å². The molecule has 5 heteroatoms. The van der Waals surface area contributed by atoms with Gasteiger partial charge in [-0.25, -0.2) is 4.79 Å². The molecule has 0 aromatic heterocycles. The number of carbonyl (C=O) groups is 2. The molecular weight excluding hydrogens is 350 g/mol. The standard InChI is InChI=1S/C23H35N3O2/c1-3-4-15-25(23(28)24-20-11-6-5-7-12-20)17-22(27)26-16-14-19-10-8-9-13-21(19)18(26)2/h8-10,13,18,20H,3-7,11-12,14-17H2,1-2H3,(H,24,28). The van der Waals surface area contributed by atoms with E-state index in [1.165, 1.54) is 30.4 Å². The van der Waals surface area contributed by atoms with Crippen LogP contribution in [-0.4, -0.2) is 47.4 Å². The molecule has 1 atom stereocenters. The van der Waals surface area contributed by atoms with Crippen molar-refractivity contribution in [3.05, 3.63) is 35.4 Å². The van der Waals surface area contributed by atoms with Gasteiger partial charge in [0.1, 0.15) is 6.54 Å². The average Bonchev–Trinajstić information content (AvgIpc) is 2.72. The van der Waals surface area contributed by atoms with E-state index >= 15 is 0 Å². The predicted molar refractivity (Wildman–Crippen MR) is 112 cm³/mol. The summed E-state index contributed by atoms with van der Waals surface area (Å²) in [5.74, 6) is 0.0527. The zero-order valence-electron chi connectivity index (χ0n) is 17.5. The average molecular weight is 386 g/mol. The van der Waals surface area contributed by atoms with Crippen molar-refractivity contribution in [3.8, 4) is 0 Å². The van der Waals surface area contributed by atoms with E-state index in [2.05, 4.69) is 37.4 Å². The fraction of sp³-hybridized carbons (Fsp3) is 0.652. The third-order valence-corrected chi connectivity index (χ3v) is 6.24. The predicted octanol–water partition coefficient (Wildman–Crippen LogP) is 4.28. The minimum atomic E-state index is -0.0706. The first-order chi connectivity index (χ1) is 13.6. The van der Waals surface area contributed by atoms with Crippen LogP contribution in [0.1, 0.15) is 76.0 Å². The van der Waals surface area contributed by atoms with Crippen LogP contribution in [0.2, 0.25) is 0 Å². The Bertz CT molecular complexity index is 670. The number of rotatable bonds is 6. The maximum Gasteiger partial charge on any atom is 0.318 e. The van der Waals surface area contributed by atoms with Crippen LogP contribution in [-0.2, 0) is 11.2 Å². The van der Waals surface area contributed by atoms with Gasteiger partial charge in [0.05, 0.1) is 6.04 Å². The fourth-order valence-corrected chi connectivity index (χ4v) is 4.48. The minimum Gasteiger partial charge on any atom is -0.335 e. The van der Waals surface area contributed by atoms with Gasteiger partial charge in [-0.3, -0.25) is 4.79 Å². The van der Waals surface area contributed by atoms with E-state index in [4.69, 9.17) is 0 Å². The zero-order valence-corrected chi connectivity index (χ0v) is 17.5. The van der Waals surface area contributed by atoms with Gasteiger partial charge >= 0.3 is 6.03 Å². The van der Waals surface area contributed by atoms with Gasteiger partial charge < -0.3 is 15.1 Å². The third-order valence-electron chi connectivity index (χ3n) is 6.24. The highest BCUT2D eigenvalue weighted by atomic mass is 16.2. The summed E-state index contributed by atoms with van der Waals surface area (Å²) in [7, 11) is 0. The zero-order chi connectivity index (χ0) is 19.9. The molecule has 5 nitrogen and oxygen atoms in total. The summed E-state index contributed by atoms with van der Waals surface area (Å²) in [6.45, 7) is 5.74. The van der Waals surface area contributed by atoms with Crippen molar-refractivity contribution in [1.29, 1.82) is 0 Å². The molecule has 1 unspecified atom stereocenters. The first-order valence-corrected chi connectivity index (χ1v) is 11.0. The quantitative estimate of drug-likeness (QED) is 0.795. The third kappa shape index (κ3) is 5.06. The Balaban J connectivity index is 1.63. The smallest absolute Gasteiger partial charge is 0.318 e. The second-order valence-corrected chi connectivity index (χ2v) is 8.27. The van der Waals surface area contributed by atoms with Gasteiger partial charge in [-0.05, 0) is 43.7 Å². The van der Waals surface area contributed by atoms with E-state index in [1.807, 2.05) is 11.0 Å². The summed E-state index contributed by atoms with van der Waals surface area (Å²) in [6, 6.07) is 8.62. The first-order valence-electron chi connectivity index (χ1n) is 11.0. The Kier molecular flexibility index (Phi) is 7.35. The van der Waals surface area contributed by atoms with Crippen molar-refractivity contribution in [2.75, 3.05) is 19.6 Å². The Labute approximate surface area is 169 Å². The van der Waals surface area contributed by atoms with E-state index in [1.54, 1.807) is 4.90 Å². The molecule has 2 aliphatic rings. The number of nitrogens with zero attached hydrogens (tertiary/aromatic N) is 2. The summed E-state index contributed by atoms with van der Waals surface area (Å²) in [6.07, 6.45) is 8.56. The molecule has 1 aliphatic carbocycles. The van der Waals surface area contributed by atoms with E-state index in [0.29, 0.717) is 6.54 Å². The normalized spacial score (nSPS) is 19.8. The molecule has 3 amide bonds. The number of amides is 3. The van der Waals surface area contributed by atoms with Crippen LogP contribution in [0.15, 0.2) is 24.3 Å². The van der Waals surface area contributed by atoms with Crippen LogP contribution in [0.3, 0.4) is 0 Å². The Hall–Kier alpha value is -2.04. The fourth-order valence-electron chi connectivity index (χ4n) is 4.48. The van der Waals surface area contributed by atoms with Crippen LogP contribution in [0.4, 0.5) is 4.79 Å². The minimum absolute atomic E-state index is 0.0527. The summed E-state index contributed by atoms with van der Waals surface area (Å²) >= 11 is 0. The summed E-state index contributed by atoms with van der Waals surface area (Å²) < 4.78 is 0. The van der Waals surface area contributed by atoms with Crippen molar-refractivity contribution in [2.24, 2.45) is 0 Å². The van der Waals surface area contributed by atoms with Crippen LogP contribution in [0, 0.1) is 0 Å². The summed E-state index contributed by atoms with van der Waals surface area (Å²) in [4.78, 5) is 29.6. The van der Waals surface area contributed by atoms with Gasteiger partial charge in [0, 0.05) is 19.1 Å². The van der Waals surface area contributed by atoms with Crippen LogP contribution >= 0.6 is 0 Å². The lowest BCUT2D eigenvalue weighted by molar-refractivity contribution is -0.134. The highest BCUT2D eigenvalue weighted by molar-refractivity contribution is 5.84. The SMILES string of the molecule is CCCCN(CC(=O)N1CCc2ccccc2C1C)C(=O)NC1CCCCC1. The molecule has 1 N–H and O–H groups in total. The number of unbranched alkanes of at least 4 members (excludes halogenated alkanes) is 1. The number of fused-ring (bicyclic) bond motifs is 1. The summed E-state index contributed by atoms with van der Waals surface area (Å²) in [5.41, 5.74) is 2.56. The molecule has 1 fully saturated rings. The molecule has 154 valence electrons. The van der Waals surface area contributed by atoms with Crippen LogP contribution < -0.4 is 5.32 Å². The van der Waals surface area contributed by atoms with Crippen LogP contribution in [0.5, 0.6) is 0 Å². The molecule has 28 heavy (non-hydrogen) atoms. The van der Waals surface area contributed by atoms with E-state index in [-0.39, 0.29) is 30.6 Å². The lowest BCUT2D eigenvalue weighted by Gasteiger charge is -2.37. The van der Waals surface area contributed by atoms with Crippen molar-refractivity contribution in [3.63, 3.8) is 0 Å². The lowest BCUT2D eigenvalue weighted by Crippen LogP contribution is -2.51. The van der Waals surface area contributed by atoms with Crippen molar-refractivity contribution < 1.29 is 9.59 Å². The van der Waals surface area contributed by atoms with Gasteiger partial charge in [-0.2, -0.15) is 0 Å². The van der Waals surface area contributed by atoms with Crippen molar-refractivity contribution in [2.45, 2.75) is 77.3 Å². The highest BCUT2D eigenvalue weighted by Crippen LogP contribution is 2.29. The van der Waals surface area contributed by atoms with Gasteiger partial charge in [0.15, 0.2) is 0 Å². The number of urea groups is 1. The van der Waals surface area contributed by atoms with E-state index in [9.17, 15) is 9.59 Å². The monoisotopic (exact) mass is 385 g/mol. The Morgan fingerprint density at radius 2 is 1.93 bits per heavy atom. The Morgan fingerprint density at radius 1 is 1.18 bits per heavy atom. The number of carbonyl (C=O) groups excluding carboxylic acids is 2. The number of benzene rings is 1.